The minimum absolute atomic E-state index is 0.126. The van der Waals surface area contributed by atoms with Gasteiger partial charge in [0, 0.05) is 6.42 Å². The standard InChI is InChI=1S/C13H20N2O2/c1-3-8-16-11-6-4-5-7-12(11)17-10(2)9-13(14)15/h4-7,10H,3,8-9H2,1-2H3,(H3,14,15). The quantitative estimate of drug-likeness (QED) is 0.564. The van der Waals surface area contributed by atoms with Crippen molar-refractivity contribution >= 4 is 5.84 Å². The zero-order valence-electron chi connectivity index (χ0n) is 10.4. The Hall–Kier alpha value is -1.71. The summed E-state index contributed by atoms with van der Waals surface area (Å²) in [6.07, 6.45) is 1.25. The first-order valence-corrected chi connectivity index (χ1v) is 5.84. The number of hydrogen-bond donors (Lipinski definition) is 2. The summed E-state index contributed by atoms with van der Waals surface area (Å²) < 4.78 is 11.3. The number of rotatable bonds is 7. The first-order chi connectivity index (χ1) is 8.13. The van der Waals surface area contributed by atoms with Gasteiger partial charge in [0.15, 0.2) is 11.5 Å². The van der Waals surface area contributed by atoms with Gasteiger partial charge in [-0.15, -0.1) is 0 Å². The molecule has 0 aliphatic heterocycles. The van der Waals surface area contributed by atoms with Crippen molar-refractivity contribution in [3.63, 3.8) is 0 Å². The van der Waals surface area contributed by atoms with Gasteiger partial charge >= 0.3 is 0 Å². The maximum atomic E-state index is 7.22. The molecule has 0 saturated heterocycles. The number of nitrogens with two attached hydrogens (primary N) is 1. The monoisotopic (exact) mass is 236 g/mol. The van der Waals surface area contributed by atoms with Crippen LogP contribution in [0.15, 0.2) is 24.3 Å². The Bertz CT molecular complexity index is 366. The summed E-state index contributed by atoms with van der Waals surface area (Å²) in [5.74, 6) is 1.57. The van der Waals surface area contributed by atoms with Gasteiger partial charge in [-0.25, -0.2) is 0 Å². The van der Waals surface area contributed by atoms with Crippen molar-refractivity contribution in [3.05, 3.63) is 24.3 Å². The average Bonchev–Trinajstić information content (AvgIpc) is 2.26. The van der Waals surface area contributed by atoms with Gasteiger partial charge in [-0.1, -0.05) is 19.1 Å². The van der Waals surface area contributed by atoms with E-state index in [1.54, 1.807) is 0 Å². The molecule has 1 atom stereocenters. The second kappa shape index (κ2) is 6.78. The molecule has 0 heterocycles. The van der Waals surface area contributed by atoms with Crippen molar-refractivity contribution in [2.24, 2.45) is 5.73 Å². The minimum Gasteiger partial charge on any atom is -0.490 e. The SMILES string of the molecule is CCCOc1ccccc1OC(C)CC(=N)N. The predicted molar refractivity (Wildman–Crippen MR) is 68.8 cm³/mol. The van der Waals surface area contributed by atoms with Crippen LogP contribution in [0.2, 0.25) is 0 Å². The highest BCUT2D eigenvalue weighted by molar-refractivity contribution is 5.77. The largest absolute Gasteiger partial charge is 0.490 e. The van der Waals surface area contributed by atoms with E-state index in [1.165, 1.54) is 0 Å². The molecule has 1 aromatic rings. The highest BCUT2D eigenvalue weighted by Gasteiger charge is 2.09. The maximum absolute atomic E-state index is 7.22. The zero-order valence-corrected chi connectivity index (χ0v) is 10.4. The van der Waals surface area contributed by atoms with E-state index in [-0.39, 0.29) is 11.9 Å². The Balaban J connectivity index is 2.65. The molecule has 0 amide bonds. The average molecular weight is 236 g/mol. The summed E-state index contributed by atoms with van der Waals surface area (Å²) in [7, 11) is 0. The summed E-state index contributed by atoms with van der Waals surface area (Å²) >= 11 is 0. The molecule has 1 aromatic carbocycles. The number of ether oxygens (including phenoxy) is 2. The van der Waals surface area contributed by atoms with Crippen LogP contribution in [0.5, 0.6) is 11.5 Å². The molecular weight excluding hydrogens is 216 g/mol. The van der Waals surface area contributed by atoms with Crippen LogP contribution in [0.1, 0.15) is 26.7 Å². The Morgan fingerprint density at radius 1 is 1.35 bits per heavy atom. The van der Waals surface area contributed by atoms with Gasteiger partial charge in [-0.05, 0) is 25.5 Å². The summed E-state index contributed by atoms with van der Waals surface area (Å²) in [6.45, 7) is 4.61. The van der Waals surface area contributed by atoms with Gasteiger partial charge < -0.3 is 15.2 Å². The van der Waals surface area contributed by atoms with Gasteiger partial charge in [-0.3, -0.25) is 5.41 Å². The molecule has 0 saturated carbocycles. The van der Waals surface area contributed by atoms with Crippen molar-refractivity contribution in [1.29, 1.82) is 5.41 Å². The van der Waals surface area contributed by atoms with Crippen LogP contribution in [0.4, 0.5) is 0 Å². The molecule has 0 bridgehead atoms. The van der Waals surface area contributed by atoms with E-state index in [0.717, 1.165) is 12.2 Å². The van der Waals surface area contributed by atoms with Crippen LogP contribution in [0.3, 0.4) is 0 Å². The fourth-order valence-corrected chi connectivity index (χ4v) is 1.45. The fourth-order valence-electron chi connectivity index (χ4n) is 1.45. The topological polar surface area (TPSA) is 68.3 Å². The molecule has 0 aliphatic carbocycles. The molecule has 1 unspecified atom stereocenters. The smallest absolute Gasteiger partial charge is 0.161 e. The first kappa shape index (κ1) is 13.4. The molecule has 4 heteroatoms. The molecule has 3 N–H and O–H groups in total. The third-order valence-electron chi connectivity index (χ3n) is 2.15. The number of nitrogens with one attached hydrogen (secondary N) is 1. The highest BCUT2D eigenvalue weighted by Crippen LogP contribution is 2.27. The minimum atomic E-state index is -0.126. The lowest BCUT2D eigenvalue weighted by atomic mass is 10.2. The second-order valence-corrected chi connectivity index (χ2v) is 3.95. The molecule has 0 aromatic heterocycles. The van der Waals surface area contributed by atoms with Crippen LogP contribution in [-0.2, 0) is 0 Å². The lowest BCUT2D eigenvalue weighted by molar-refractivity contribution is 0.211. The summed E-state index contributed by atoms with van der Waals surface area (Å²) in [5.41, 5.74) is 5.34. The Kier molecular flexibility index (Phi) is 5.33. The van der Waals surface area contributed by atoms with Gasteiger partial charge in [0.2, 0.25) is 0 Å². The predicted octanol–water partition coefficient (Wildman–Crippen LogP) is 2.57. The normalized spacial score (nSPS) is 11.9. The Labute approximate surface area is 102 Å². The van der Waals surface area contributed by atoms with Gasteiger partial charge in [-0.2, -0.15) is 0 Å². The number of benzene rings is 1. The zero-order chi connectivity index (χ0) is 12.7. The Morgan fingerprint density at radius 2 is 2.00 bits per heavy atom. The fraction of sp³-hybridized carbons (Fsp3) is 0.462. The van der Waals surface area contributed by atoms with Crippen LogP contribution in [-0.4, -0.2) is 18.5 Å². The van der Waals surface area contributed by atoms with Gasteiger partial charge in [0.05, 0.1) is 12.4 Å². The maximum Gasteiger partial charge on any atom is 0.161 e. The highest BCUT2D eigenvalue weighted by atomic mass is 16.5. The molecule has 0 fully saturated rings. The number of amidine groups is 1. The van der Waals surface area contributed by atoms with E-state index in [0.29, 0.717) is 18.8 Å². The van der Waals surface area contributed by atoms with Crippen molar-refractivity contribution in [1.82, 2.24) is 0 Å². The molecule has 0 radical (unpaired) electrons. The Morgan fingerprint density at radius 3 is 2.59 bits per heavy atom. The van der Waals surface area contributed by atoms with Crippen molar-refractivity contribution < 1.29 is 9.47 Å². The van der Waals surface area contributed by atoms with Crippen molar-refractivity contribution in [2.75, 3.05) is 6.61 Å². The van der Waals surface area contributed by atoms with Crippen LogP contribution < -0.4 is 15.2 Å². The van der Waals surface area contributed by atoms with E-state index in [9.17, 15) is 0 Å². The van der Waals surface area contributed by atoms with E-state index in [4.69, 9.17) is 20.6 Å². The lowest BCUT2D eigenvalue weighted by Crippen LogP contribution is -2.21. The van der Waals surface area contributed by atoms with Gasteiger partial charge in [0.25, 0.3) is 0 Å². The second-order valence-electron chi connectivity index (χ2n) is 3.95. The van der Waals surface area contributed by atoms with E-state index >= 15 is 0 Å². The van der Waals surface area contributed by atoms with E-state index in [1.807, 2.05) is 31.2 Å². The van der Waals surface area contributed by atoms with Crippen LogP contribution in [0, 0.1) is 5.41 Å². The van der Waals surface area contributed by atoms with Gasteiger partial charge in [0.1, 0.15) is 6.10 Å². The third kappa shape index (κ3) is 4.76. The third-order valence-corrected chi connectivity index (χ3v) is 2.15. The van der Waals surface area contributed by atoms with E-state index in [2.05, 4.69) is 6.92 Å². The molecule has 0 aliphatic rings. The van der Waals surface area contributed by atoms with Crippen molar-refractivity contribution in [2.45, 2.75) is 32.8 Å². The van der Waals surface area contributed by atoms with Crippen LogP contribution >= 0.6 is 0 Å². The number of hydrogen-bond acceptors (Lipinski definition) is 3. The van der Waals surface area contributed by atoms with Crippen LogP contribution in [0.25, 0.3) is 0 Å². The molecule has 94 valence electrons. The number of para-hydroxylation sites is 2. The summed E-state index contributed by atoms with van der Waals surface area (Å²) in [5, 5.41) is 7.22. The van der Waals surface area contributed by atoms with Crippen molar-refractivity contribution in [3.8, 4) is 11.5 Å². The van der Waals surface area contributed by atoms with E-state index < -0.39 is 0 Å². The lowest BCUT2D eigenvalue weighted by Gasteiger charge is -2.17. The molecule has 4 nitrogen and oxygen atoms in total. The molecule has 1 rings (SSSR count). The first-order valence-electron chi connectivity index (χ1n) is 5.84. The summed E-state index contributed by atoms with van der Waals surface area (Å²) in [6, 6.07) is 7.55. The molecular formula is C13H20N2O2. The molecule has 0 spiro atoms. The summed E-state index contributed by atoms with van der Waals surface area (Å²) in [4.78, 5) is 0. The molecule has 17 heavy (non-hydrogen) atoms.